The van der Waals surface area contributed by atoms with E-state index in [-0.39, 0.29) is 17.4 Å². The molecule has 0 aliphatic rings. The van der Waals surface area contributed by atoms with Gasteiger partial charge in [0.05, 0.1) is 25.1 Å². The van der Waals surface area contributed by atoms with Gasteiger partial charge in [0.1, 0.15) is 11.3 Å². The van der Waals surface area contributed by atoms with Gasteiger partial charge in [-0.05, 0) is 44.6 Å². The largest absolute Gasteiger partial charge is 0.493 e. The summed E-state index contributed by atoms with van der Waals surface area (Å²) >= 11 is 0. The van der Waals surface area contributed by atoms with E-state index in [4.69, 9.17) is 15.2 Å². The number of carboxylic acids is 1. The summed E-state index contributed by atoms with van der Waals surface area (Å²) in [5.74, 6) is -0.451. The number of anilines is 1. The van der Waals surface area contributed by atoms with Crippen LogP contribution in [-0.2, 0) is 6.42 Å². The second-order valence-corrected chi connectivity index (χ2v) is 7.78. The number of aromatic carboxylic acids is 1. The zero-order valence-corrected chi connectivity index (χ0v) is 18.7. The molecule has 32 heavy (non-hydrogen) atoms. The Morgan fingerprint density at radius 2 is 2.00 bits per heavy atom. The van der Waals surface area contributed by atoms with Gasteiger partial charge < -0.3 is 25.2 Å². The Bertz CT molecular complexity index is 1070. The molecule has 0 saturated carbocycles. The number of nitrogens with two attached hydrogens (primary N) is 1. The van der Waals surface area contributed by atoms with E-state index in [1.807, 2.05) is 20.2 Å². The fourth-order valence-electron chi connectivity index (χ4n) is 3.17. The van der Waals surface area contributed by atoms with Gasteiger partial charge in [-0.3, -0.25) is 0 Å². The maximum absolute atomic E-state index is 11.8. The van der Waals surface area contributed by atoms with Gasteiger partial charge in [0.2, 0.25) is 0 Å². The van der Waals surface area contributed by atoms with Crippen LogP contribution in [0.1, 0.15) is 47.8 Å². The minimum Gasteiger partial charge on any atom is -0.493 e. The number of unbranched alkanes of at least 4 members (excludes halogenated alkanes) is 1. The van der Waals surface area contributed by atoms with Crippen LogP contribution in [0.25, 0.3) is 5.65 Å². The molecule has 0 bridgehead atoms. The molecule has 1 aromatic carbocycles. The van der Waals surface area contributed by atoms with Gasteiger partial charge in [-0.1, -0.05) is 19.4 Å². The molecule has 3 aromatic rings. The van der Waals surface area contributed by atoms with Crippen LogP contribution in [0.15, 0.2) is 24.4 Å². The Labute approximate surface area is 187 Å². The molecule has 3 rings (SSSR count). The Balaban J connectivity index is 1.80. The van der Waals surface area contributed by atoms with Crippen molar-refractivity contribution >= 4 is 17.4 Å². The molecule has 10 nitrogen and oxygen atoms in total. The summed E-state index contributed by atoms with van der Waals surface area (Å²) < 4.78 is 12.9. The smallest absolute Gasteiger partial charge is 0.339 e. The van der Waals surface area contributed by atoms with Crippen molar-refractivity contribution in [1.82, 2.24) is 24.5 Å². The molecule has 10 heteroatoms. The van der Waals surface area contributed by atoms with Gasteiger partial charge in [-0.25, -0.2) is 14.3 Å². The second-order valence-electron chi connectivity index (χ2n) is 7.78. The summed E-state index contributed by atoms with van der Waals surface area (Å²) in [6.07, 6.45) is 4.75. The van der Waals surface area contributed by atoms with E-state index in [0.717, 1.165) is 37.1 Å². The lowest BCUT2D eigenvalue weighted by Crippen LogP contribution is -2.16. The molecular formula is C22H30N6O4. The molecule has 0 radical (unpaired) electrons. The Hall–Kier alpha value is -3.40. The standard InChI is InChI=1S/C22H30N6O4/c1-4-5-10-32-22-25-19(23)20-24-14-16(28(20)26-22)12-15-7-8-18(17(13-15)21(29)30)31-11-6-9-27(2)3/h7-8,13-14H,4-6,9-12H2,1-3H3,(H,29,30)(H2,23,25,26). The van der Waals surface area contributed by atoms with Crippen LogP contribution >= 0.6 is 0 Å². The van der Waals surface area contributed by atoms with Gasteiger partial charge >= 0.3 is 12.0 Å². The van der Waals surface area contributed by atoms with E-state index in [1.165, 1.54) is 0 Å². The van der Waals surface area contributed by atoms with Crippen molar-refractivity contribution in [2.45, 2.75) is 32.6 Å². The number of rotatable bonds is 12. The topological polar surface area (TPSA) is 128 Å². The highest BCUT2D eigenvalue weighted by Gasteiger charge is 2.16. The van der Waals surface area contributed by atoms with Gasteiger partial charge in [0.25, 0.3) is 0 Å². The lowest BCUT2D eigenvalue weighted by molar-refractivity contribution is 0.0692. The molecule has 0 unspecified atom stereocenters. The van der Waals surface area contributed by atoms with Crippen LogP contribution in [0.5, 0.6) is 11.8 Å². The maximum Gasteiger partial charge on any atom is 0.339 e. The zero-order valence-electron chi connectivity index (χ0n) is 18.7. The average molecular weight is 443 g/mol. The summed E-state index contributed by atoms with van der Waals surface area (Å²) in [5.41, 5.74) is 8.10. The van der Waals surface area contributed by atoms with Crippen LogP contribution in [-0.4, -0.2) is 69.4 Å². The third-order valence-corrected chi connectivity index (χ3v) is 4.84. The highest BCUT2D eigenvalue weighted by molar-refractivity contribution is 5.91. The van der Waals surface area contributed by atoms with Crippen LogP contribution in [0, 0.1) is 0 Å². The molecule has 0 saturated heterocycles. The summed E-state index contributed by atoms with van der Waals surface area (Å²) in [6.45, 7) is 3.89. The fourth-order valence-corrected chi connectivity index (χ4v) is 3.17. The molecule has 2 aromatic heterocycles. The first-order valence-corrected chi connectivity index (χ1v) is 10.7. The number of aromatic nitrogens is 4. The highest BCUT2D eigenvalue weighted by Crippen LogP contribution is 2.23. The monoisotopic (exact) mass is 442 g/mol. The first-order chi connectivity index (χ1) is 15.4. The van der Waals surface area contributed by atoms with Gasteiger partial charge in [0.15, 0.2) is 11.5 Å². The summed E-state index contributed by atoms with van der Waals surface area (Å²) in [5, 5.41) is 14.0. The number of hydrogen-bond acceptors (Lipinski definition) is 8. The number of nitrogens with zero attached hydrogens (tertiary/aromatic N) is 5. The van der Waals surface area contributed by atoms with Gasteiger partial charge in [-0.2, -0.15) is 4.98 Å². The number of benzene rings is 1. The SMILES string of the molecule is CCCCOc1nc(N)c2ncc(Cc3ccc(OCCCN(C)C)c(C(=O)O)c3)n2n1. The predicted octanol–water partition coefficient (Wildman–Crippen LogP) is 2.50. The first kappa shape index (κ1) is 23.3. The van der Waals surface area contributed by atoms with Crippen molar-refractivity contribution in [2.24, 2.45) is 0 Å². The van der Waals surface area contributed by atoms with Crippen molar-refractivity contribution in [1.29, 1.82) is 0 Å². The lowest BCUT2D eigenvalue weighted by atomic mass is 10.1. The molecule has 0 spiro atoms. The summed E-state index contributed by atoms with van der Waals surface area (Å²) in [7, 11) is 3.97. The predicted molar refractivity (Wildman–Crippen MR) is 120 cm³/mol. The minimum absolute atomic E-state index is 0.124. The second kappa shape index (κ2) is 10.8. The zero-order chi connectivity index (χ0) is 23.1. The fraction of sp³-hybridized carbons (Fsp3) is 0.455. The average Bonchev–Trinajstić information content (AvgIpc) is 3.15. The summed E-state index contributed by atoms with van der Waals surface area (Å²) in [4.78, 5) is 22.3. The molecule has 0 aliphatic carbocycles. The summed E-state index contributed by atoms with van der Waals surface area (Å²) in [6, 6.07) is 5.35. The van der Waals surface area contributed by atoms with Gasteiger partial charge in [0, 0.05) is 13.0 Å². The molecule has 172 valence electrons. The Morgan fingerprint density at radius 1 is 1.22 bits per heavy atom. The molecule has 0 amide bonds. The van der Waals surface area contributed by atoms with Crippen LogP contribution in [0.4, 0.5) is 5.82 Å². The molecule has 3 N–H and O–H groups in total. The van der Waals surface area contributed by atoms with Gasteiger partial charge in [-0.15, -0.1) is 5.10 Å². The molecule has 0 atom stereocenters. The molecule has 0 fully saturated rings. The van der Waals surface area contributed by atoms with Crippen molar-refractivity contribution in [2.75, 3.05) is 39.6 Å². The first-order valence-electron chi connectivity index (χ1n) is 10.7. The van der Waals surface area contributed by atoms with E-state index in [0.29, 0.717) is 31.0 Å². The van der Waals surface area contributed by atoms with Crippen molar-refractivity contribution < 1.29 is 19.4 Å². The van der Waals surface area contributed by atoms with Crippen molar-refractivity contribution in [3.05, 3.63) is 41.2 Å². The number of nitrogen functional groups attached to an aromatic ring is 1. The maximum atomic E-state index is 11.8. The van der Waals surface area contributed by atoms with E-state index in [2.05, 4.69) is 26.9 Å². The third kappa shape index (κ3) is 5.85. The highest BCUT2D eigenvalue weighted by atomic mass is 16.5. The third-order valence-electron chi connectivity index (χ3n) is 4.84. The normalized spacial score (nSPS) is 11.2. The number of hydrogen-bond donors (Lipinski definition) is 2. The molecule has 0 aliphatic heterocycles. The van der Waals surface area contributed by atoms with E-state index in [1.54, 1.807) is 22.8 Å². The number of ether oxygens (including phenoxy) is 2. The number of carbonyl (C=O) groups is 1. The molecular weight excluding hydrogens is 412 g/mol. The van der Waals surface area contributed by atoms with Crippen LogP contribution in [0.2, 0.25) is 0 Å². The Morgan fingerprint density at radius 3 is 2.72 bits per heavy atom. The number of fused-ring (bicyclic) bond motifs is 1. The number of imidazole rings is 1. The molecule has 2 heterocycles. The van der Waals surface area contributed by atoms with E-state index >= 15 is 0 Å². The van der Waals surface area contributed by atoms with E-state index < -0.39 is 5.97 Å². The van der Waals surface area contributed by atoms with Crippen LogP contribution < -0.4 is 15.2 Å². The number of carboxylic acid groups (broad SMARTS) is 1. The van der Waals surface area contributed by atoms with Crippen LogP contribution in [0.3, 0.4) is 0 Å². The lowest BCUT2D eigenvalue weighted by Gasteiger charge is -2.13. The Kier molecular flexibility index (Phi) is 7.82. The van der Waals surface area contributed by atoms with Crippen molar-refractivity contribution in [3.8, 4) is 11.8 Å². The van der Waals surface area contributed by atoms with Crippen molar-refractivity contribution in [3.63, 3.8) is 0 Å². The quantitative estimate of drug-likeness (QED) is 0.407. The minimum atomic E-state index is -1.04. The van der Waals surface area contributed by atoms with E-state index in [9.17, 15) is 9.90 Å².